The normalized spacial score (nSPS) is 11.1. The van der Waals surface area contributed by atoms with Crippen LogP contribution >= 0.6 is 12.2 Å². The number of nitrogens with one attached hydrogen (secondary N) is 1. The van der Waals surface area contributed by atoms with Crippen LogP contribution in [0, 0.1) is 4.77 Å². The van der Waals surface area contributed by atoms with E-state index in [1.807, 2.05) is 38.1 Å². The molecule has 3 rings (SSSR count). The minimum absolute atomic E-state index is 0.0640. The first-order valence-corrected chi connectivity index (χ1v) is 9.66. The molecule has 158 valence electrons. The first kappa shape index (κ1) is 21.4. The molecule has 0 fully saturated rings. The molecule has 3 aromatic rings. The maximum absolute atomic E-state index is 5.78. The summed E-state index contributed by atoms with van der Waals surface area (Å²) >= 11 is 5.37. The largest absolute Gasteiger partial charge is 0.496 e. The lowest BCUT2D eigenvalue weighted by molar-refractivity contribution is 0.242. The lowest BCUT2D eigenvalue weighted by Crippen LogP contribution is -2.05. The molecule has 0 unspecified atom stereocenters. The second-order valence-electron chi connectivity index (χ2n) is 6.55. The zero-order valence-corrected chi connectivity index (χ0v) is 18.3. The van der Waals surface area contributed by atoms with Gasteiger partial charge in [-0.2, -0.15) is 14.9 Å². The zero-order valence-electron chi connectivity index (χ0n) is 17.5. The van der Waals surface area contributed by atoms with Gasteiger partial charge in [0.2, 0.25) is 4.77 Å². The van der Waals surface area contributed by atoms with Gasteiger partial charge in [-0.05, 0) is 38.2 Å². The van der Waals surface area contributed by atoms with Gasteiger partial charge >= 0.3 is 0 Å². The van der Waals surface area contributed by atoms with Crippen LogP contribution in [0.5, 0.6) is 23.0 Å². The summed E-state index contributed by atoms with van der Waals surface area (Å²) in [7, 11) is 4.72. The molecule has 1 heterocycles. The lowest BCUT2D eigenvalue weighted by atomic mass is 10.2. The Balaban J connectivity index is 2.03. The van der Waals surface area contributed by atoms with Crippen molar-refractivity contribution in [3.8, 4) is 34.4 Å². The van der Waals surface area contributed by atoms with Crippen molar-refractivity contribution in [2.24, 2.45) is 5.10 Å². The number of benzene rings is 2. The van der Waals surface area contributed by atoms with E-state index in [9.17, 15) is 0 Å². The van der Waals surface area contributed by atoms with Gasteiger partial charge in [-0.15, -0.1) is 0 Å². The number of aromatic amines is 1. The lowest BCUT2D eigenvalue weighted by Gasteiger charge is -2.12. The van der Waals surface area contributed by atoms with E-state index in [1.165, 1.54) is 4.68 Å². The molecule has 0 aliphatic carbocycles. The molecular weight excluding hydrogens is 404 g/mol. The third-order valence-electron chi connectivity index (χ3n) is 4.17. The van der Waals surface area contributed by atoms with Crippen LogP contribution in [0.1, 0.15) is 19.4 Å². The maximum atomic E-state index is 5.78. The Bertz CT molecular complexity index is 1080. The summed E-state index contributed by atoms with van der Waals surface area (Å²) in [6.45, 7) is 3.95. The molecule has 0 amide bonds. The van der Waals surface area contributed by atoms with Crippen LogP contribution in [-0.4, -0.2) is 48.5 Å². The number of aromatic nitrogens is 3. The highest BCUT2D eigenvalue weighted by molar-refractivity contribution is 7.71. The SMILES string of the molecule is COc1cc(OC)c(C=Nn2c(-c3cccc(OC(C)C)c3)n[nH]c2=S)c(OC)c1. The summed E-state index contributed by atoms with van der Waals surface area (Å²) in [6, 6.07) is 11.1. The first-order valence-electron chi connectivity index (χ1n) is 9.25. The van der Waals surface area contributed by atoms with Gasteiger partial charge in [0.25, 0.3) is 0 Å². The van der Waals surface area contributed by atoms with E-state index in [4.69, 9.17) is 31.2 Å². The highest BCUT2D eigenvalue weighted by Crippen LogP contribution is 2.33. The van der Waals surface area contributed by atoms with E-state index in [2.05, 4.69) is 15.3 Å². The number of nitrogens with zero attached hydrogens (tertiary/aromatic N) is 3. The van der Waals surface area contributed by atoms with Gasteiger partial charge in [0.1, 0.15) is 23.0 Å². The quantitative estimate of drug-likeness (QED) is 0.425. The van der Waals surface area contributed by atoms with Crippen molar-refractivity contribution in [3.63, 3.8) is 0 Å². The molecule has 0 saturated carbocycles. The van der Waals surface area contributed by atoms with Crippen LogP contribution in [0.25, 0.3) is 11.4 Å². The van der Waals surface area contributed by atoms with Gasteiger partial charge in [0.15, 0.2) is 5.82 Å². The molecule has 0 aliphatic rings. The molecule has 0 aliphatic heterocycles. The summed E-state index contributed by atoms with van der Waals surface area (Å²) in [5, 5.41) is 11.6. The van der Waals surface area contributed by atoms with Crippen molar-refractivity contribution >= 4 is 18.4 Å². The van der Waals surface area contributed by atoms with Gasteiger partial charge in [0.05, 0.1) is 39.2 Å². The van der Waals surface area contributed by atoms with Gasteiger partial charge in [-0.3, -0.25) is 0 Å². The van der Waals surface area contributed by atoms with Crippen molar-refractivity contribution in [2.75, 3.05) is 21.3 Å². The van der Waals surface area contributed by atoms with E-state index in [0.717, 1.165) is 11.3 Å². The van der Waals surface area contributed by atoms with Crippen LogP contribution in [0.3, 0.4) is 0 Å². The number of rotatable bonds is 8. The molecule has 9 heteroatoms. The van der Waals surface area contributed by atoms with Crippen molar-refractivity contribution < 1.29 is 18.9 Å². The summed E-state index contributed by atoms with van der Waals surface area (Å²) in [5.74, 6) is 3.02. The van der Waals surface area contributed by atoms with Gasteiger partial charge in [0, 0.05) is 17.7 Å². The summed E-state index contributed by atoms with van der Waals surface area (Å²) in [6.07, 6.45) is 1.68. The fourth-order valence-corrected chi connectivity index (χ4v) is 3.02. The summed E-state index contributed by atoms with van der Waals surface area (Å²) in [4.78, 5) is 0. The molecular formula is C21H24N4O4S. The predicted molar refractivity (Wildman–Crippen MR) is 118 cm³/mol. The predicted octanol–water partition coefficient (Wildman–Crippen LogP) is 4.30. The average molecular weight is 429 g/mol. The first-order chi connectivity index (χ1) is 14.5. The number of methoxy groups -OCH3 is 3. The number of H-pyrrole nitrogens is 1. The van der Waals surface area contributed by atoms with Crippen LogP contribution < -0.4 is 18.9 Å². The zero-order chi connectivity index (χ0) is 21.7. The minimum Gasteiger partial charge on any atom is -0.496 e. The van der Waals surface area contributed by atoms with Crippen molar-refractivity contribution in [3.05, 3.63) is 46.7 Å². The Hall–Kier alpha value is -3.33. The third kappa shape index (κ3) is 4.62. The molecule has 0 bridgehead atoms. The Morgan fingerprint density at radius 1 is 1.03 bits per heavy atom. The van der Waals surface area contributed by atoms with Crippen LogP contribution in [0.2, 0.25) is 0 Å². The second-order valence-corrected chi connectivity index (χ2v) is 6.94. The third-order valence-corrected chi connectivity index (χ3v) is 4.43. The van der Waals surface area contributed by atoms with Gasteiger partial charge in [-0.1, -0.05) is 12.1 Å². The Morgan fingerprint density at radius 3 is 2.33 bits per heavy atom. The highest BCUT2D eigenvalue weighted by atomic mass is 32.1. The monoisotopic (exact) mass is 428 g/mol. The maximum Gasteiger partial charge on any atom is 0.216 e. The molecule has 1 N–H and O–H groups in total. The molecule has 8 nitrogen and oxygen atoms in total. The molecule has 0 spiro atoms. The van der Waals surface area contributed by atoms with E-state index < -0.39 is 0 Å². The smallest absolute Gasteiger partial charge is 0.216 e. The number of hydrogen-bond donors (Lipinski definition) is 1. The Labute approximate surface area is 180 Å². The van der Waals surface area contributed by atoms with E-state index >= 15 is 0 Å². The van der Waals surface area contributed by atoms with Crippen LogP contribution in [0.15, 0.2) is 41.5 Å². The molecule has 2 aromatic carbocycles. The van der Waals surface area contributed by atoms with Crippen molar-refractivity contribution in [1.29, 1.82) is 0 Å². The Morgan fingerprint density at radius 2 is 1.73 bits per heavy atom. The minimum atomic E-state index is 0.0640. The van der Waals surface area contributed by atoms with E-state index in [1.54, 1.807) is 39.7 Å². The van der Waals surface area contributed by atoms with Crippen LogP contribution in [0.4, 0.5) is 0 Å². The van der Waals surface area contributed by atoms with E-state index in [0.29, 0.717) is 33.4 Å². The summed E-state index contributed by atoms with van der Waals surface area (Å²) in [5.41, 5.74) is 1.46. The molecule has 0 atom stereocenters. The molecule has 1 aromatic heterocycles. The van der Waals surface area contributed by atoms with Gasteiger partial charge in [-0.25, -0.2) is 5.10 Å². The van der Waals surface area contributed by atoms with Crippen LogP contribution in [-0.2, 0) is 0 Å². The second kappa shape index (κ2) is 9.45. The standard InChI is InChI=1S/C21H24N4O4S/c1-13(2)29-15-8-6-7-14(9-15)20-23-24-21(30)25(20)22-12-17-18(27-4)10-16(26-3)11-19(17)28-5/h6-13H,1-5H3,(H,24,30). The average Bonchev–Trinajstić information content (AvgIpc) is 3.11. The molecule has 30 heavy (non-hydrogen) atoms. The molecule has 0 saturated heterocycles. The topological polar surface area (TPSA) is 82.9 Å². The fraction of sp³-hybridized carbons (Fsp3) is 0.286. The number of ether oxygens (including phenoxy) is 4. The van der Waals surface area contributed by atoms with E-state index in [-0.39, 0.29) is 6.10 Å². The molecule has 0 radical (unpaired) electrons. The number of hydrogen-bond acceptors (Lipinski definition) is 7. The van der Waals surface area contributed by atoms with Gasteiger partial charge < -0.3 is 18.9 Å². The van der Waals surface area contributed by atoms with Crippen molar-refractivity contribution in [1.82, 2.24) is 14.9 Å². The summed E-state index contributed by atoms with van der Waals surface area (Å²) < 4.78 is 23.9. The van der Waals surface area contributed by atoms with Crippen molar-refractivity contribution in [2.45, 2.75) is 20.0 Å². The Kier molecular flexibility index (Phi) is 6.73. The fourth-order valence-electron chi connectivity index (χ4n) is 2.84. The highest BCUT2D eigenvalue weighted by Gasteiger charge is 2.13.